The molecule has 3 aromatic rings. The van der Waals surface area contributed by atoms with Crippen LogP contribution in [-0.2, 0) is 11.3 Å². The van der Waals surface area contributed by atoms with E-state index in [9.17, 15) is 0 Å². The smallest absolute Gasteiger partial charge is 0.250 e. The molecule has 0 saturated carbocycles. The van der Waals surface area contributed by atoms with Crippen LogP contribution in [0.15, 0.2) is 47.6 Å². The number of methoxy groups -OCH3 is 1. The molecule has 1 aromatic heterocycles. The van der Waals surface area contributed by atoms with E-state index in [1.807, 2.05) is 42.5 Å². The molecule has 37 heavy (non-hydrogen) atoms. The van der Waals surface area contributed by atoms with Crippen LogP contribution in [0.3, 0.4) is 0 Å². The van der Waals surface area contributed by atoms with Gasteiger partial charge < -0.3 is 24.0 Å². The highest BCUT2D eigenvalue weighted by atomic mass is 35.5. The number of hydrogen-bond donors (Lipinski definition) is 1. The molecule has 0 amide bonds. The summed E-state index contributed by atoms with van der Waals surface area (Å²) in [4.78, 5) is 18.3. The summed E-state index contributed by atoms with van der Waals surface area (Å²) in [6.07, 6.45) is 3.97. The van der Waals surface area contributed by atoms with Crippen molar-refractivity contribution in [1.82, 2.24) is 15.0 Å². The number of benzene rings is 2. The Morgan fingerprint density at radius 1 is 0.946 bits per heavy atom. The standard InChI is InChI=1S/C26H30ClN7O3/c1-35-23-16-20(6-9-22(23)37-18-19-4-7-21(27)8-5-19)17-28-32-24-29-25(33-10-2-3-11-33)31-26(30-24)34-12-14-36-15-13-34/h4-9,16-17H,2-3,10-15,18H2,1H3,(H,29,30,31,32)/b28-17-. The first kappa shape index (κ1) is 25.0. The molecule has 10 nitrogen and oxygen atoms in total. The number of halogens is 1. The van der Waals surface area contributed by atoms with E-state index < -0.39 is 0 Å². The van der Waals surface area contributed by atoms with Gasteiger partial charge in [0, 0.05) is 31.2 Å². The molecule has 0 bridgehead atoms. The number of hydrogen-bond acceptors (Lipinski definition) is 10. The van der Waals surface area contributed by atoms with Gasteiger partial charge in [-0.1, -0.05) is 23.7 Å². The van der Waals surface area contributed by atoms with Crippen LogP contribution in [0.5, 0.6) is 11.5 Å². The van der Waals surface area contributed by atoms with Crippen molar-refractivity contribution in [2.45, 2.75) is 19.4 Å². The van der Waals surface area contributed by atoms with Crippen LogP contribution in [0.25, 0.3) is 0 Å². The second kappa shape index (κ2) is 12.1. The van der Waals surface area contributed by atoms with E-state index in [2.05, 4.69) is 30.3 Å². The van der Waals surface area contributed by atoms with Crippen LogP contribution >= 0.6 is 11.6 Å². The van der Waals surface area contributed by atoms with Gasteiger partial charge in [-0.15, -0.1) is 0 Å². The van der Waals surface area contributed by atoms with E-state index >= 15 is 0 Å². The lowest BCUT2D eigenvalue weighted by molar-refractivity contribution is 0.122. The second-order valence-electron chi connectivity index (χ2n) is 8.75. The predicted octanol–water partition coefficient (Wildman–Crippen LogP) is 4.00. The Morgan fingerprint density at radius 3 is 2.35 bits per heavy atom. The highest BCUT2D eigenvalue weighted by Gasteiger charge is 2.21. The first-order valence-corrected chi connectivity index (χ1v) is 12.7. The number of nitrogens with one attached hydrogen (secondary N) is 1. The minimum absolute atomic E-state index is 0.407. The topological polar surface area (TPSA) is 97.2 Å². The van der Waals surface area contributed by atoms with Gasteiger partial charge in [-0.2, -0.15) is 20.1 Å². The number of aromatic nitrogens is 3. The summed E-state index contributed by atoms with van der Waals surface area (Å²) in [5.41, 5.74) is 4.83. The maximum absolute atomic E-state index is 5.96. The zero-order valence-electron chi connectivity index (χ0n) is 20.8. The molecular weight excluding hydrogens is 494 g/mol. The average Bonchev–Trinajstić information content (AvgIpc) is 3.49. The van der Waals surface area contributed by atoms with Crippen molar-refractivity contribution < 1.29 is 14.2 Å². The van der Waals surface area contributed by atoms with Gasteiger partial charge in [0.05, 0.1) is 26.5 Å². The quantitative estimate of drug-likeness (QED) is 0.329. The Kier molecular flexibility index (Phi) is 8.17. The van der Waals surface area contributed by atoms with Crippen molar-refractivity contribution in [2.24, 2.45) is 5.10 Å². The number of morpholine rings is 1. The zero-order valence-corrected chi connectivity index (χ0v) is 21.5. The van der Waals surface area contributed by atoms with Gasteiger partial charge in [0.25, 0.3) is 0 Å². The highest BCUT2D eigenvalue weighted by Crippen LogP contribution is 2.28. The fourth-order valence-electron chi connectivity index (χ4n) is 4.16. The Labute approximate surface area is 221 Å². The summed E-state index contributed by atoms with van der Waals surface area (Å²) in [6, 6.07) is 13.2. The number of rotatable bonds is 9. The molecule has 0 spiro atoms. The molecule has 3 heterocycles. The van der Waals surface area contributed by atoms with Gasteiger partial charge in [0.1, 0.15) is 6.61 Å². The number of ether oxygens (including phenoxy) is 3. The van der Waals surface area contributed by atoms with Crippen LogP contribution in [0.1, 0.15) is 24.0 Å². The average molecular weight is 524 g/mol. The number of nitrogens with zero attached hydrogens (tertiary/aromatic N) is 6. The van der Waals surface area contributed by atoms with Gasteiger partial charge in [0.15, 0.2) is 11.5 Å². The molecule has 0 aliphatic carbocycles. The van der Waals surface area contributed by atoms with Crippen molar-refractivity contribution in [3.8, 4) is 11.5 Å². The van der Waals surface area contributed by atoms with Crippen LogP contribution in [0, 0.1) is 0 Å². The van der Waals surface area contributed by atoms with Crippen molar-refractivity contribution in [3.63, 3.8) is 0 Å². The maximum Gasteiger partial charge on any atom is 0.250 e. The van der Waals surface area contributed by atoms with Crippen LogP contribution < -0.4 is 24.7 Å². The minimum Gasteiger partial charge on any atom is -0.493 e. The molecule has 2 aliphatic heterocycles. The van der Waals surface area contributed by atoms with Gasteiger partial charge >= 0.3 is 0 Å². The lowest BCUT2D eigenvalue weighted by atomic mass is 10.2. The third-order valence-electron chi connectivity index (χ3n) is 6.17. The highest BCUT2D eigenvalue weighted by molar-refractivity contribution is 6.30. The van der Waals surface area contributed by atoms with E-state index in [0.29, 0.717) is 54.2 Å². The molecule has 1 N–H and O–H groups in total. The first-order chi connectivity index (χ1) is 18.2. The van der Waals surface area contributed by atoms with Gasteiger partial charge in [-0.3, -0.25) is 0 Å². The predicted molar refractivity (Wildman–Crippen MR) is 144 cm³/mol. The molecule has 2 aromatic carbocycles. The normalized spacial score (nSPS) is 15.8. The maximum atomic E-state index is 5.96. The summed E-state index contributed by atoms with van der Waals surface area (Å²) < 4.78 is 17.0. The second-order valence-corrected chi connectivity index (χ2v) is 9.18. The van der Waals surface area contributed by atoms with E-state index in [4.69, 9.17) is 30.8 Å². The SMILES string of the molecule is COc1cc(/C=N\Nc2nc(N3CCCC3)nc(N3CCOCC3)n2)ccc1OCc1ccc(Cl)cc1. The fraction of sp³-hybridized carbons (Fsp3) is 0.385. The largest absolute Gasteiger partial charge is 0.493 e. The summed E-state index contributed by atoms with van der Waals surface area (Å²) in [5, 5.41) is 5.07. The Balaban J connectivity index is 1.27. The van der Waals surface area contributed by atoms with E-state index in [1.165, 1.54) is 0 Å². The van der Waals surface area contributed by atoms with Crippen LogP contribution in [0.2, 0.25) is 5.02 Å². The van der Waals surface area contributed by atoms with Crippen molar-refractivity contribution in [3.05, 3.63) is 58.6 Å². The molecule has 0 atom stereocenters. The molecule has 0 radical (unpaired) electrons. The van der Waals surface area contributed by atoms with Gasteiger partial charge in [0.2, 0.25) is 17.8 Å². The molecule has 11 heteroatoms. The fourth-order valence-corrected chi connectivity index (χ4v) is 4.28. The Morgan fingerprint density at radius 2 is 1.65 bits per heavy atom. The van der Waals surface area contributed by atoms with E-state index in [-0.39, 0.29) is 0 Å². The zero-order chi connectivity index (χ0) is 25.5. The summed E-state index contributed by atoms with van der Waals surface area (Å²) in [5.74, 6) is 2.98. The molecule has 2 saturated heterocycles. The Bertz CT molecular complexity index is 1210. The van der Waals surface area contributed by atoms with E-state index in [1.54, 1.807) is 13.3 Å². The van der Waals surface area contributed by atoms with Crippen LogP contribution in [0.4, 0.5) is 17.8 Å². The Hall–Kier alpha value is -3.63. The summed E-state index contributed by atoms with van der Waals surface area (Å²) in [7, 11) is 1.61. The van der Waals surface area contributed by atoms with Gasteiger partial charge in [-0.25, -0.2) is 5.43 Å². The molecule has 2 fully saturated rings. The molecule has 0 unspecified atom stereocenters. The van der Waals surface area contributed by atoms with Crippen LogP contribution in [-0.4, -0.2) is 67.7 Å². The van der Waals surface area contributed by atoms with Crippen molar-refractivity contribution in [1.29, 1.82) is 0 Å². The summed E-state index contributed by atoms with van der Waals surface area (Å²) >= 11 is 5.96. The molecular formula is C26H30ClN7O3. The lowest BCUT2D eigenvalue weighted by Crippen LogP contribution is -2.38. The molecule has 194 valence electrons. The van der Waals surface area contributed by atoms with Crippen molar-refractivity contribution >= 4 is 35.7 Å². The summed E-state index contributed by atoms with van der Waals surface area (Å²) in [6.45, 7) is 5.12. The minimum atomic E-state index is 0.407. The van der Waals surface area contributed by atoms with E-state index in [0.717, 1.165) is 50.1 Å². The molecule has 5 rings (SSSR count). The first-order valence-electron chi connectivity index (χ1n) is 12.4. The third kappa shape index (κ3) is 6.58. The number of anilines is 3. The van der Waals surface area contributed by atoms with Gasteiger partial charge in [-0.05, 0) is 54.3 Å². The molecule has 2 aliphatic rings. The van der Waals surface area contributed by atoms with Crippen molar-refractivity contribution in [2.75, 3.05) is 61.7 Å². The monoisotopic (exact) mass is 523 g/mol. The third-order valence-corrected chi connectivity index (χ3v) is 6.42. The lowest BCUT2D eigenvalue weighted by Gasteiger charge is -2.27. The number of hydrazone groups is 1.